The van der Waals surface area contributed by atoms with Crippen LogP contribution in [0.1, 0.15) is 11.8 Å². The van der Waals surface area contributed by atoms with Crippen LogP contribution in [0.25, 0.3) is 11.5 Å². The van der Waals surface area contributed by atoms with Crippen LogP contribution in [0.5, 0.6) is 0 Å². The van der Waals surface area contributed by atoms with Crippen molar-refractivity contribution in [2.45, 2.75) is 13.5 Å². The molecule has 0 bridgehead atoms. The van der Waals surface area contributed by atoms with Crippen LogP contribution >= 0.6 is 0 Å². The number of nitrogens with zero attached hydrogens (tertiary/aromatic N) is 3. The molecule has 0 atom stereocenters. The van der Waals surface area contributed by atoms with Crippen LogP contribution in [0, 0.1) is 6.92 Å². The maximum absolute atomic E-state index is 5.00. The van der Waals surface area contributed by atoms with Crippen LogP contribution in [0.3, 0.4) is 0 Å². The summed E-state index contributed by atoms with van der Waals surface area (Å²) >= 11 is 0. The van der Waals surface area contributed by atoms with Gasteiger partial charge in [-0.1, -0.05) is 5.16 Å². The van der Waals surface area contributed by atoms with Crippen LogP contribution in [0.15, 0.2) is 15.2 Å². The van der Waals surface area contributed by atoms with E-state index in [2.05, 4.69) is 20.0 Å². The lowest BCUT2D eigenvalue weighted by Crippen LogP contribution is -1.98. The molecule has 0 aliphatic carbocycles. The van der Waals surface area contributed by atoms with Gasteiger partial charge < -0.3 is 8.94 Å². The highest BCUT2D eigenvalue weighted by Crippen LogP contribution is 2.14. The zero-order valence-corrected chi connectivity index (χ0v) is 7.43. The highest BCUT2D eigenvalue weighted by molar-refractivity contribution is 5.45. The lowest BCUT2D eigenvalue weighted by molar-refractivity contribution is 0.0996. The van der Waals surface area contributed by atoms with Crippen molar-refractivity contribution in [3.8, 4) is 11.5 Å². The van der Waals surface area contributed by atoms with Crippen molar-refractivity contribution >= 4 is 0 Å². The predicted molar refractivity (Wildman–Crippen MR) is 43.5 cm³/mol. The first-order valence-electron chi connectivity index (χ1n) is 3.86. The molecule has 14 heavy (non-hydrogen) atoms. The van der Waals surface area contributed by atoms with Gasteiger partial charge in [0.15, 0.2) is 5.89 Å². The molecule has 0 spiro atoms. The Balaban J connectivity index is 2.24. The van der Waals surface area contributed by atoms with Crippen molar-refractivity contribution in [3.63, 3.8) is 0 Å². The third-order valence-electron chi connectivity index (χ3n) is 1.52. The third-order valence-corrected chi connectivity index (χ3v) is 1.52. The Bertz CT molecular complexity index is 422. The Morgan fingerprint density at radius 1 is 1.50 bits per heavy atom. The molecule has 0 unspecified atom stereocenters. The monoisotopic (exact) mass is 196 g/mol. The largest absolute Gasteiger partial charge is 0.449 e. The van der Waals surface area contributed by atoms with Gasteiger partial charge in [-0.15, -0.1) is 0 Å². The van der Waals surface area contributed by atoms with Crippen LogP contribution in [0.2, 0.25) is 0 Å². The number of hydrogen-bond acceptors (Lipinski definition) is 7. The zero-order chi connectivity index (χ0) is 9.97. The first-order valence-corrected chi connectivity index (χ1v) is 3.86. The summed E-state index contributed by atoms with van der Waals surface area (Å²) in [5, 5.41) is 3.67. The number of rotatable bonds is 3. The van der Waals surface area contributed by atoms with Gasteiger partial charge in [0.1, 0.15) is 18.6 Å². The smallest absolute Gasteiger partial charge is 0.255 e. The van der Waals surface area contributed by atoms with Gasteiger partial charge >= 0.3 is 0 Å². The molecule has 0 aliphatic rings. The molecule has 7 nitrogen and oxygen atoms in total. The average molecular weight is 196 g/mol. The Morgan fingerprint density at radius 2 is 2.36 bits per heavy atom. The molecule has 0 aliphatic heterocycles. The molecule has 0 amide bonds. The number of aromatic nitrogens is 3. The van der Waals surface area contributed by atoms with Crippen LogP contribution in [-0.4, -0.2) is 15.1 Å². The summed E-state index contributed by atoms with van der Waals surface area (Å²) in [6, 6.07) is 0. The average Bonchev–Trinajstić information content (AvgIpc) is 2.74. The highest BCUT2D eigenvalue weighted by atomic mass is 16.6. The Labute approximate surface area is 78.8 Å². The maximum Gasteiger partial charge on any atom is 0.255 e. The molecule has 74 valence electrons. The van der Waals surface area contributed by atoms with E-state index >= 15 is 0 Å². The van der Waals surface area contributed by atoms with Gasteiger partial charge in [0.05, 0.1) is 0 Å². The number of hydrogen-bond donors (Lipinski definition) is 1. The quantitative estimate of drug-likeness (QED) is 0.710. The maximum atomic E-state index is 5.00. The molecule has 0 saturated heterocycles. The number of nitrogens with two attached hydrogens (primary N) is 1. The minimum Gasteiger partial charge on any atom is -0.449 e. The van der Waals surface area contributed by atoms with Gasteiger partial charge in [-0.2, -0.15) is 4.98 Å². The van der Waals surface area contributed by atoms with Gasteiger partial charge in [-0.05, 0) is 0 Å². The van der Waals surface area contributed by atoms with E-state index in [1.807, 2.05) is 0 Å². The van der Waals surface area contributed by atoms with E-state index in [9.17, 15) is 0 Å². The molecule has 2 heterocycles. The summed E-state index contributed by atoms with van der Waals surface area (Å²) in [7, 11) is 0. The Morgan fingerprint density at radius 3 is 3.00 bits per heavy atom. The highest BCUT2D eigenvalue weighted by Gasteiger charge is 2.11. The van der Waals surface area contributed by atoms with Gasteiger partial charge in [-0.25, -0.2) is 10.9 Å². The molecular weight excluding hydrogens is 188 g/mol. The lowest BCUT2D eigenvalue weighted by atomic mass is 10.5. The topological polar surface area (TPSA) is 100 Å². The fourth-order valence-electron chi connectivity index (χ4n) is 0.955. The summed E-state index contributed by atoms with van der Waals surface area (Å²) in [5.74, 6) is 6.04. The fourth-order valence-corrected chi connectivity index (χ4v) is 0.955. The first kappa shape index (κ1) is 8.85. The van der Waals surface area contributed by atoms with E-state index < -0.39 is 0 Å². The summed E-state index contributed by atoms with van der Waals surface area (Å²) in [5.41, 5.74) is 0.523. The van der Waals surface area contributed by atoms with Crippen molar-refractivity contribution < 1.29 is 13.8 Å². The van der Waals surface area contributed by atoms with Crippen LogP contribution in [-0.2, 0) is 11.4 Å². The molecule has 2 rings (SSSR count). The Hall–Kier alpha value is -1.73. The second kappa shape index (κ2) is 3.56. The molecule has 2 aromatic rings. The van der Waals surface area contributed by atoms with E-state index in [-0.39, 0.29) is 6.61 Å². The first-order chi connectivity index (χ1) is 6.79. The van der Waals surface area contributed by atoms with Crippen LogP contribution < -0.4 is 5.90 Å². The molecule has 2 aromatic heterocycles. The number of aryl methyl sites for hydroxylation is 1. The van der Waals surface area contributed by atoms with E-state index in [1.165, 1.54) is 6.26 Å². The van der Waals surface area contributed by atoms with Crippen molar-refractivity contribution in [1.82, 2.24) is 15.1 Å². The summed E-state index contributed by atoms with van der Waals surface area (Å²) in [6.07, 6.45) is 1.45. The van der Waals surface area contributed by atoms with Crippen molar-refractivity contribution in [2.24, 2.45) is 5.90 Å². The molecule has 7 heteroatoms. The Kier molecular flexibility index (Phi) is 2.25. The van der Waals surface area contributed by atoms with Gasteiger partial charge in [0.25, 0.3) is 5.89 Å². The van der Waals surface area contributed by atoms with Gasteiger partial charge in [0.2, 0.25) is 5.82 Å². The van der Waals surface area contributed by atoms with Crippen molar-refractivity contribution in [2.75, 3.05) is 0 Å². The number of oxazole rings is 1. The molecule has 0 fully saturated rings. The predicted octanol–water partition coefficient (Wildman–Crippen LogP) is 0.423. The summed E-state index contributed by atoms with van der Waals surface area (Å²) in [4.78, 5) is 12.4. The summed E-state index contributed by atoms with van der Waals surface area (Å²) in [6.45, 7) is 1.80. The standard InChI is InChI=1S/C7H8N4O3/c1-4-9-5(2-12-4)7-10-6(3-13-8)14-11-7/h2H,3,8H2,1H3. The fraction of sp³-hybridized carbons (Fsp3) is 0.286. The molecule has 0 saturated carbocycles. The molecule has 0 aromatic carbocycles. The van der Waals surface area contributed by atoms with Crippen molar-refractivity contribution in [3.05, 3.63) is 18.0 Å². The molecule has 2 N–H and O–H groups in total. The third kappa shape index (κ3) is 1.63. The molecular formula is C7H8N4O3. The normalized spacial score (nSPS) is 10.7. The minimum absolute atomic E-state index is 0.0732. The van der Waals surface area contributed by atoms with Gasteiger partial charge in [-0.3, -0.25) is 4.84 Å². The van der Waals surface area contributed by atoms with Crippen LogP contribution in [0.4, 0.5) is 0 Å². The lowest BCUT2D eigenvalue weighted by Gasteiger charge is -1.85. The molecule has 0 radical (unpaired) electrons. The van der Waals surface area contributed by atoms with E-state index in [1.54, 1.807) is 6.92 Å². The second-order valence-electron chi connectivity index (χ2n) is 2.57. The van der Waals surface area contributed by atoms with E-state index in [0.717, 1.165) is 0 Å². The van der Waals surface area contributed by atoms with Crippen molar-refractivity contribution in [1.29, 1.82) is 0 Å². The van der Waals surface area contributed by atoms with E-state index in [0.29, 0.717) is 23.3 Å². The minimum atomic E-state index is 0.0732. The zero-order valence-electron chi connectivity index (χ0n) is 7.43. The SMILES string of the molecule is Cc1nc(-c2noc(CON)n2)co1. The summed E-state index contributed by atoms with van der Waals surface area (Å²) < 4.78 is 9.82. The van der Waals surface area contributed by atoms with Gasteiger partial charge in [0, 0.05) is 6.92 Å². The second-order valence-corrected chi connectivity index (χ2v) is 2.57. The van der Waals surface area contributed by atoms with E-state index in [4.69, 9.17) is 14.8 Å².